The van der Waals surface area contributed by atoms with Crippen LogP contribution in [0.15, 0.2) is 18.2 Å². The Bertz CT molecular complexity index is 434. The first kappa shape index (κ1) is 13.1. The Morgan fingerprint density at radius 3 is 2.83 bits per heavy atom. The molecule has 98 valence electrons. The third kappa shape index (κ3) is 2.72. The normalized spacial score (nSPS) is 19.2. The van der Waals surface area contributed by atoms with Gasteiger partial charge in [0.1, 0.15) is 0 Å². The van der Waals surface area contributed by atoms with E-state index in [0.717, 1.165) is 30.8 Å². The van der Waals surface area contributed by atoms with Gasteiger partial charge in [-0.05, 0) is 36.9 Å². The maximum atomic E-state index is 12.2. The molecule has 0 radical (unpaired) electrons. The van der Waals surface area contributed by atoms with Crippen LogP contribution in [0.1, 0.15) is 37.3 Å². The Labute approximate surface area is 109 Å². The van der Waals surface area contributed by atoms with E-state index in [1.54, 1.807) is 0 Å². The van der Waals surface area contributed by atoms with Gasteiger partial charge in [-0.2, -0.15) is 0 Å². The monoisotopic (exact) mass is 246 g/mol. The molecule has 2 rings (SSSR count). The molecule has 3 nitrogen and oxygen atoms in total. The number of para-hydroxylation sites is 1. The van der Waals surface area contributed by atoms with E-state index in [4.69, 9.17) is 0 Å². The molecule has 0 bridgehead atoms. The number of nitrogens with one attached hydrogen (secondary N) is 2. The lowest BCUT2D eigenvalue weighted by Gasteiger charge is -2.18. The summed E-state index contributed by atoms with van der Waals surface area (Å²) >= 11 is 0. The van der Waals surface area contributed by atoms with E-state index in [0.29, 0.717) is 5.92 Å². The molecule has 1 fully saturated rings. The number of benzene rings is 1. The number of rotatable bonds is 3. The Hall–Kier alpha value is -1.35. The van der Waals surface area contributed by atoms with Crippen LogP contribution < -0.4 is 10.6 Å². The number of anilines is 1. The molecule has 1 heterocycles. The number of carbonyl (C=O) groups is 1. The minimum absolute atomic E-state index is 0.115. The highest BCUT2D eigenvalue weighted by Gasteiger charge is 2.23. The van der Waals surface area contributed by atoms with Crippen molar-refractivity contribution in [1.82, 2.24) is 5.32 Å². The van der Waals surface area contributed by atoms with Crippen molar-refractivity contribution in [2.45, 2.75) is 33.1 Å². The summed E-state index contributed by atoms with van der Waals surface area (Å²) in [6.07, 6.45) is 0.939. The first-order chi connectivity index (χ1) is 8.59. The van der Waals surface area contributed by atoms with Crippen LogP contribution >= 0.6 is 0 Å². The zero-order chi connectivity index (χ0) is 13.1. The third-order valence-electron chi connectivity index (χ3n) is 3.61. The quantitative estimate of drug-likeness (QED) is 0.861. The van der Waals surface area contributed by atoms with E-state index in [-0.39, 0.29) is 11.8 Å². The second kappa shape index (κ2) is 5.53. The maximum Gasteiger partial charge on any atom is 0.228 e. The van der Waals surface area contributed by atoms with E-state index < -0.39 is 0 Å². The summed E-state index contributed by atoms with van der Waals surface area (Å²) < 4.78 is 0. The summed E-state index contributed by atoms with van der Waals surface area (Å²) in [5.74, 6) is 0.683. The summed E-state index contributed by atoms with van der Waals surface area (Å²) in [5.41, 5.74) is 3.36. The second-order valence-electron chi connectivity index (χ2n) is 5.37. The highest BCUT2D eigenvalue weighted by Crippen LogP contribution is 2.28. The number of aryl methyl sites for hydroxylation is 1. The molecule has 1 atom stereocenters. The number of hydrogen-bond donors (Lipinski definition) is 2. The molecule has 1 aromatic rings. The van der Waals surface area contributed by atoms with Gasteiger partial charge in [-0.3, -0.25) is 4.79 Å². The van der Waals surface area contributed by atoms with Crippen LogP contribution in [0.3, 0.4) is 0 Å². The highest BCUT2D eigenvalue weighted by atomic mass is 16.1. The van der Waals surface area contributed by atoms with Crippen LogP contribution in [-0.4, -0.2) is 19.0 Å². The fraction of sp³-hybridized carbons (Fsp3) is 0.533. The van der Waals surface area contributed by atoms with Gasteiger partial charge in [0.05, 0.1) is 5.92 Å². The van der Waals surface area contributed by atoms with Crippen LogP contribution in [0.25, 0.3) is 0 Å². The first-order valence-electron chi connectivity index (χ1n) is 6.70. The fourth-order valence-corrected chi connectivity index (χ4v) is 2.45. The lowest BCUT2D eigenvalue weighted by atomic mass is 9.97. The molecule has 3 heteroatoms. The zero-order valence-corrected chi connectivity index (χ0v) is 11.4. The predicted molar refractivity (Wildman–Crippen MR) is 74.9 cm³/mol. The summed E-state index contributed by atoms with van der Waals surface area (Å²) in [6, 6.07) is 6.20. The molecule has 1 aromatic carbocycles. The topological polar surface area (TPSA) is 41.1 Å². The Kier molecular flexibility index (Phi) is 4.02. The molecular weight excluding hydrogens is 224 g/mol. The molecule has 0 spiro atoms. The number of amides is 1. The molecule has 1 saturated heterocycles. The van der Waals surface area contributed by atoms with Gasteiger partial charge in [-0.15, -0.1) is 0 Å². The van der Waals surface area contributed by atoms with Crippen molar-refractivity contribution < 1.29 is 4.79 Å². The predicted octanol–water partition coefficient (Wildman–Crippen LogP) is 2.67. The van der Waals surface area contributed by atoms with E-state index >= 15 is 0 Å². The van der Waals surface area contributed by atoms with Crippen molar-refractivity contribution in [3.8, 4) is 0 Å². The largest absolute Gasteiger partial charge is 0.325 e. The van der Waals surface area contributed by atoms with Crippen LogP contribution in [-0.2, 0) is 4.79 Å². The smallest absolute Gasteiger partial charge is 0.228 e. The SMILES string of the molecule is Cc1cccc(C(C)C)c1NC(=O)C1CCNC1. The van der Waals surface area contributed by atoms with Gasteiger partial charge in [0.15, 0.2) is 0 Å². The van der Waals surface area contributed by atoms with Gasteiger partial charge < -0.3 is 10.6 Å². The van der Waals surface area contributed by atoms with Gasteiger partial charge in [0, 0.05) is 12.2 Å². The van der Waals surface area contributed by atoms with Gasteiger partial charge in [-0.25, -0.2) is 0 Å². The molecule has 0 aromatic heterocycles. The maximum absolute atomic E-state index is 12.2. The standard InChI is InChI=1S/C15H22N2O/c1-10(2)13-6-4-5-11(3)14(13)17-15(18)12-7-8-16-9-12/h4-6,10,12,16H,7-9H2,1-3H3,(H,17,18). The first-order valence-corrected chi connectivity index (χ1v) is 6.70. The van der Waals surface area contributed by atoms with Crippen molar-refractivity contribution in [1.29, 1.82) is 0 Å². The Morgan fingerprint density at radius 2 is 2.22 bits per heavy atom. The third-order valence-corrected chi connectivity index (χ3v) is 3.61. The van der Waals surface area contributed by atoms with Crippen molar-refractivity contribution in [2.75, 3.05) is 18.4 Å². The molecular formula is C15H22N2O. The zero-order valence-electron chi connectivity index (χ0n) is 11.4. The molecule has 1 amide bonds. The Morgan fingerprint density at radius 1 is 1.44 bits per heavy atom. The minimum Gasteiger partial charge on any atom is -0.325 e. The molecule has 18 heavy (non-hydrogen) atoms. The van der Waals surface area contributed by atoms with Crippen molar-refractivity contribution >= 4 is 11.6 Å². The fourth-order valence-electron chi connectivity index (χ4n) is 2.45. The number of hydrogen-bond acceptors (Lipinski definition) is 2. The van der Waals surface area contributed by atoms with E-state index in [2.05, 4.69) is 36.6 Å². The summed E-state index contributed by atoms with van der Waals surface area (Å²) in [6.45, 7) is 8.11. The molecule has 1 aliphatic heterocycles. The molecule has 0 saturated carbocycles. The van der Waals surface area contributed by atoms with Gasteiger partial charge >= 0.3 is 0 Å². The summed E-state index contributed by atoms with van der Waals surface area (Å²) in [7, 11) is 0. The van der Waals surface area contributed by atoms with Crippen LogP contribution in [0.2, 0.25) is 0 Å². The van der Waals surface area contributed by atoms with Crippen LogP contribution in [0.4, 0.5) is 5.69 Å². The second-order valence-corrected chi connectivity index (χ2v) is 5.37. The van der Waals surface area contributed by atoms with Crippen LogP contribution in [0.5, 0.6) is 0 Å². The Balaban J connectivity index is 2.19. The summed E-state index contributed by atoms with van der Waals surface area (Å²) in [4.78, 5) is 12.2. The molecule has 1 unspecified atom stereocenters. The summed E-state index contributed by atoms with van der Waals surface area (Å²) in [5, 5.41) is 6.35. The highest BCUT2D eigenvalue weighted by molar-refractivity contribution is 5.94. The van der Waals surface area contributed by atoms with Gasteiger partial charge in [0.2, 0.25) is 5.91 Å². The van der Waals surface area contributed by atoms with Gasteiger partial charge in [0.25, 0.3) is 0 Å². The minimum atomic E-state index is 0.115. The lowest BCUT2D eigenvalue weighted by molar-refractivity contribution is -0.119. The van der Waals surface area contributed by atoms with Crippen molar-refractivity contribution in [3.63, 3.8) is 0 Å². The molecule has 1 aliphatic rings. The average molecular weight is 246 g/mol. The lowest BCUT2D eigenvalue weighted by Crippen LogP contribution is -2.25. The number of carbonyl (C=O) groups excluding carboxylic acids is 1. The van der Waals surface area contributed by atoms with Crippen molar-refractivity contribution in [2.24, 2.45) is 5.92 Å². The van der Waals surface area contributed by atoms with E-state index in [9.17, 15) is 4.79 Å². The van der Waals surface area contributed by atoms with E-state index in [1.165, 1.54) is 5.56 Å². The van der Waals surface area contributed by atoms with Crippen LogP contribution in [0, 0.1) is 12.8 Å². The molecule has 2 N–H and O–H groups in total. The molecule has 0 aliphatic carbocycles. The van der Waals surface area contributed by atoms with Crippen molar-refractivity contribution in [3.05, 3.63) is 29.3 Å². The average Bonchev–Trinajstić information content (AvgIpc) is 2.85. The van der Waals surface area contributed by atoms with E-state index in [1.807, 2.05) is 13.0 Å². The van der Waals surface area contributed by atoms with Gasteiger partial charge in [-0.1, -0.05) is 32.0 Å².